The van der Waals surface area contributed by atoms with Gasteiger partial charge in [0.25, 0.3) is 5.91 Å². The molecule has 1 fully saturated rings. The van der Waals surface area contributed by atoms with E-state index in [-0.39, 0.29) is 39.0 Å². The van der Waals surface area contributed by atoms with E-state index in [0.29, 0.717) is 17.5 Å². The Hall–Kier alpha value is -3.94. The van der Waals surface area contributed by atoms with Gasteiger partial charge in [-0.15, -0.1) is 0 Å². The van der Waals surface area contributed by atoms with Crippen LogP contribution in [0.25, 0.3) is 16.9 Å². The molecular weight excluding hydrogens is 599 g/mol. The molecule has 0 unspecified atom stereocenters. The first-order valence-corrected chi connectivity index (χ1v) is 11.8. The average molecular weight is 615 g/mol. The Balaban J connectivity index is 1.81. The van der Waals surface area contributed by atoms with Gasteiger partial charge in [0.15, 0.2) is 17.3 Å². The van der Waals surface area contributed by atoms with Crippen molar-refractivity contribution in [1.29, 1.82) is 5.26 Å². The second-order valence-corrected chi connectivity index (χ2v) is 9.26. The number of halogens is 10. The summed E-state index contributed by atoms with van der Waals surface area (Å²) in [5, 5.41) is 15.8. The first-order valence-electron chi connectivity index (χ1n) is 11.4. The average Bonchev–Trinajstić information content (AvgIpc) is 3.50. The summed E-state index contributed by atoms with van der Waals surface area (Å²) in [5.74, 6) is -3.39. The first-order chi connectivity index (χ1) is 19.0. The second kappa shape index (κ2) is 10.5. The van der Waals surface area contributed by atoms with Gasteiger partial charge in [-0.3, -0.25) is 4.79 Å². The second-order valence-electron chi connectivity index (χ2n) is 8.85. The third-order valence-corrected chi connectivity index (χ3v) is 6.44. The Morgan fingerprint density at radius 3 is 2.34 bits per heavy atom. The van der Waals surface area contributed by atoms with Crippen LogP contribution >= 0.6 is 11.6 Å². The fourth-order valence-corrected chi connectivity index (χ4v) is 4.24. The van der Waals surface area contributed by atoms with Gasteiger partial charge in [0.2, 0.25) is 0 Å². The quantitative estimate of drug-likeness (QED) is 0.231. The predicted octanol–water partition coefficient (Wildman–Crippen LogP) is 5.95. The number of aryl methyl sites for hydroxylation is 1. The number of nitriles is 1. The summed E-state index contributed by atoms with van der Waals surface area (Å²) >= 11 is 6.19. The molecule has 0 spiro atoms. The van der Waals surface area contributed by atoms with Crippen molar-refractivity contribution in [2.24, 2.45) is 7.05 Å². The van der Waals surface area contributed by atoms with Crippen LogP contribution in [-0.2, 0) is 12.7 Å². The Bertz CT molecular complexity index is 1490. The lowest BCUT2D eigenvalue weighted by Gasteiger charge is -2.28. The lowest BCUT2D eigenvalue weighted by atomic mass is 9.99. The van der Waals surface area contributed by atoms with E-state index in [1.165, 1.54) is 23.1 Å². The zero-order chi connectivity index (χ0) is 30.5. The molecule has 1 saturated carbocycles. The van der Waals surface area contributed by atoms with E-state index in [0.717, 1.165) is 19.4 Å². The van der Waals surface area contributed by atoms with Gasteiger partial charge in [-0.1, -0.05) is 17.7 Å². The van der Waals surface area contributed by atoms with Crippen LogP contribution in [0.4, 0.5) is 39.5 Å². The van der Waals surface area contributed by atoms with Crippen LogP contribution in [0.3, 0.4) is 0 Å². The van der Waals surface area contributed by atoms with E-state index in [1.807, 2.05) is 6.07 Å². The number of benzene rings is 1. The maximum Gasteiger partial charge on any atom is 0.437 e. The standard InChI is InChI=1S/C23H16ClF9N6O2/c1-37-18(16(41-20(25)26)17(36-37)21(27,22(28,29)30)23(31,32)33)39-10-12(9-35-39)11-2-5-15(24)14(8-11)19(40)38(7-6-34)13-3-4-13/h2,5,8-10,13,20H,3-4,7H2,1H3. The molecule has 2 aromatic heterocycles. The lowest BCUT2D eigenvalue weighted by Crippen LogP contribution is -2.51. The largest absolute Gasteiger partial charge is 0.437 e. The normalized spacial score (nSPS) is 14.3. The van der Waals surface area contributed by atoms with Gasteiger partial charge in [0, 0.05) is 24.8 Å². The lowest BCUT2D eigenvalue weighted by molar-refractivity contribution is -0.350. The fraction of sp³-hybridized carbons (Fsp3) is 0.391. The Morgan fingerprint density at radius 2 is 1.80 bits per heavy atom. The van der Waals surface area contributed by atoms with Gasteiger partial charge in [0.05, 0.1) is 22.9 Å². The van der Waals surface area contributed by atoms with Crippen molar-refractivity contribution in [3.8, 4) is 28.8 Å². The number of rotatable bonds is 8. The monoisotopic (exact) mass is 614 g/mol. The van der Waals surface area contributed by atoms with Crippen LogP contribution in [-0.4, -0.2) is 61.9 Å². The van der Waals surface area contributed by atoms with Gasteiger partial charge < -0.3 is 9.64 Å². The molecule has 0 radical (unpaired) electrons. The van der Waals surface area contributed by atoms with Crippen molar-refractivity contribution in [2.75, 3.05) is 6.54 Å². The Labute approximate surface area is 229 Å². The molecule has 0 N–H and O–H groups in total. The predicted molar refractivity (Wildman–Crippen MR) is 122 cm³/mol. The van der Waals surface area contributed by atoms with Gasteiger partial charge >= 0.3 is 24.6 Å². The summed E-state index contributed by atoms with van der Waals surface area (Å²) in [6, 6.07) is 5.78. The molecule has 8 nitrogen and oxygen atoms in total. The zero-order valence-corrected chi connectivity index (χ0v) is 21.2. The van der Waals surface area contributed by atoms with Gasteiger partial charge in [0.1, 0.15) is 6.54 Å². The molecule has 2 heterocycles. The first kappa shape index (κ1) is 30.0. The molecule has 4 rings (SSSR count). The highest BCUT2D eigenvalue weighted by atomic mass is 35.5. The van der Waals surface area contributed by atoms with Crippen LogP contribution in [0.5, 0.6) is 5.75 Å². The highest BCUT2D eigenvalue weighted by Gasteiger charge is 2.76. The summed E-state index contributed by atoms with van der Waals surface area (Å²) < 4.78 is 126. The van der Waals surface area contributed by atoms with E-state index < -0.39 is 47.8 Å². The van der Waals surface area contributed by atoms with Crippen LogP contribution in [0.2, 0.25) is 5.02 Å². The molecule has 18 heteroatoms. The molecule has 1 aliphatic carbocycles. The van der Waals surface area contributed by atoms with Crippen molar-refractivity contribution < 1.29 is 49.0 Å². The SMILES string of the molecule is Cn1nc(C(F)(C(F)(F)F)C(F)(F)F)c(OC(F)F)c1-n1cc(-c2ccc(Cl)c(C(=O)N(CC#N)C3CC3)c2)cn1. The molecule has 0 bridgehead atoms. The van der Waals surface area contributed by atoms with Crippen molar-refractivity contribution in [3.05, 3.63) is 46.9 Å². The summed E-state index contributed by atoms with van der Waals surface area (Å²) in [5.41, 5.74) is -8.36. The molecule has 0 atom stereocenters. The molecule has 1 aromatic carbocycles. The minimum Gasteiger partial charge on any atom is -0.429 e. The van der Waals surface area contributed by atoms with E-state index in [9.17, 15) is 44.3 Å². The number of ether oxygens (including phenoxy) is 1. The summed E-state index contributed by atoms with van der Waals surface area (Å²) in [6.07, 6.45) is -9.89. The minimum atomic E-state index is -6.65. The molecule has 0 aliphatic heterocycles. The summed E-state index contributed by atoms with van der Waals surface area (Å²) in [4.78, 5) is 14.4. The number of carbonyl (C=O) groups is 1. The van der Waals surface area contributed by atoms with Gasteiger partial charge in [-0.25, -0.2) is 13.8 Å². The Morgan fingerprint density at radius 1 is 1.17 bits per heavy atom. The van der Waals surface area contributed by atoms with E-state index in [1.54, 1.807) is 0 Å². The van der Waals surface area contributed by atoms with Crippen molar-refractivity contribution in [1.82, 2.24) is 24.5 Å². The zero-order valence-electron chi connectivity index (χ0n) is 20.4. The number of carbonyl (C=O) groups excluding carboxylic acids is 1. The van der Waals surface area contributed by atoms with Crippen LogP contribution in [0, 0.1) is 11.3 Å². The smallest absolute Gasteiger partial charge is 0.429 e. The number of alkyl halides is 9. The van der Waals surface area contributed by atoms with E-state index in [2.05, 4.69) is 14.9 Å². The molecule has 1 amide bonds. The number of aromatic nitrogens is 4. The third kappa shape index (κ3) is 5.39. The van der Waals surface area contributed by atoms with Gasteiger partial charge in [-0.2, -0.15) is 50.6 Å². The number of amides is 1. The highest BCUT2D eigenvalue weighted by molar-refractivity contribution is 6.34. The van der Waals surface area contributed by atoms with Crippen LogP contribution in [0.15, 0.2) is 30.6 Å². The number of nitrogens with zero attached hydrogens (tertiary/aromatic N) is 6. The summed E-state index contributed by atoms with van der Waals surface area (Å²) in [7, 11) is 0.770. The molecule has 0 saturated heterocycles. The molecule has 3 aromatic rings. The summed E-state index contributed by atoms with van der Waals surface area (Å²) in [6.45, 7) is -4.17. The number of hydrogen-bond donors (Lipinski definition) is 0. The molecular formula is C23H16ClF9N6O2. The van der Waals surface area contributed by atoms with Crippen LogP contribution in [0.1, 0.15) is 28.9 Å². The van der Waals surface area contributed by atoms with E-state index in [4.69, 9.17) is 16.9 Å². The van der Waals surface area contributed by atoms with E-state index >= 15 is 0 Å². The maximum atomic E-state index is 14.8. The maximum absolute atomic E-state index is 14.8. The molecule has 1 aliphatic rings. The van der Waals surface area contributed by atoms with Gasteiger partial charge in [-0.05, 0) is 30.5 Å². The Kier molecular flexibility index (Phi) is 7.67. The minimum absolute atomic E-state index is 0.0128. The topological polar surface area (TPSA) is 89.0 Å². The molecule has 220 valence electrons. The van der Waals surface area contributed by atoms with Crippen molar-refractivity contribution in [2.45, 2.75) is 43.5 Å². The highest BCUT2D eigenvalue weighted by Crippen LogP contribution is 2.56. The molecule has 41 heavy (non-hydrogen) atoms. The number of hydrogen-bond acceptors (Lipinski definition) is 5. The third-order valence-electron chi connectivity index (χ3n) is 6.11. The van der Waals surface area contributed by atoms with Crippen LogP contribution < -0.4 is 4.74 Å². The van der Waals surface area contributed by atoms with Crippen molar-refractivity contribution in [3.63, 3.8) is 0 Å². The fourth-order valence-electron chi connectivity index (χ4n) is 4.04. The van der Waals surface area contributed by atoms with Crippen molar-refractivity contribution >= 4 is 17.5 Å².